The minimum atomic E-state index is -0.413. The van der Waals surface area contributed by atoms with Gasteiger partial charge in [-0.05, 0) is 42.8 Å². The van der Waals surface area contributed by atoms with Crippen LogP contribution in [-0.2, 0) is 4.79 Å². The Morgan fingerprint density at radius 2 is 1.96 bits per heavy atom. The van der Waals surface area contributed by atoms with Crippen LogP contribution in [0.25, 0.3) is 11.0 Å². The fraction of sp³-hybridized carbons (Fsp3) is 0.167. The van der Waals surface area contributed by atoms with Crippen molar-refractivity contribution in [3.63, 3.8) is 0 Å². The zero-order chi connectivity index (χ0) is 19.2. The Morgan fingerprint density at radius 1 is 1.11 bits per heavy atom. The third-order valence-electron chi connectivity index (χ3n) is 3.70. The standard InChI is InChI=1S/C18H16Cl2N4O3/c19-12-4-6-16(13(20)9-12)27-7-1-2-17(25)23-24-18(26)11-3-5-14-15(8-11)22-10-21-14/h3-6,8-10H,1-2,7H2,(H,21,22)(H,23,25)(H,24,26). The van der Waals surface area contributed by atoms with Gasteiger partial charge in [0.05, 0.1) is 29.0 Å². The molecule has 3 rings (SSSR count). The van der Waals surface area contributed by atoms with Crippen molar-refractivity contribution in [3.05, 3.63) is 58.3 Å². The number of aromatic amines is 1. The fourth-order valence-corrected chi connectivity index (χ4v) is 2.81. The lowest BCUT2D eigenvalue weighted by Gasteiger charge is -2.09. The van der Waals surface area contributed by atoms with Crippen molar-refractivity contribution in [3.8, 4) is 5.75 Å². The van der Waals surface area contributed by atoms with Gasteiger partial charge in [0.25, 0.3) is 5.91 Å². The lowest BCUT2D eigenvalue weighted by Crippen LogP contribution is -2.41. The third kappa shape index (κ3) is 5.12. The van der Waals surface area contributed by atoms with Crippen molar-refractivity contribution < 1.29 is 14.3 Å². The number of nitrogens with one attached hydrogen (secondary N) is 3. The van der Waals surface area contributed by atoms with Gasteiger partial charge in [0.15, 0.2) is 0 Å². The van der Waals surface area contributed by atoms with E-state index in [9.17, 15) is 9.59 Å². The molecule has 1 heterocycles. The Balaban J connectivity index is 1.39. The van der Waals surface area contributed by atoms with E-state index in [-0.39, 0.29) is 12.3 Å². The van der Waals surface area contributed by atoms with E-state index in [1.165, 1.54) is 0 Å². The maximum Gasteiger partial charge on any atom is 0.269 e. The van der Waals surface area contributed by atoms with Gasteiger partial charge >= 0.3 is 0 Å². The van der Waals surface area contributed by atoms with Crippen molar-refractivity contribution in [1.82, 2.24) is 20.8 Å². The number of hydrazine groups is 1. The molecule has 0 saturated carbocycles. The van der Waals surface area contributed by atoms with E-state index in [2.05, 4.69) is 20.8 Å². The number of hydrogen-bond donors (Lipinski definition) is 3. The van der Waals surface area contributed by atoms with Crippen LogP contribution >= 0.6 is 23.2 Å². The third-order valence-corrected chi connectivity index (χ3v) is 4.23. The van der Waals surface area contributed by atoms with Gasteiger partial charge in [-0.25, -0.2) is 4.98 Å². The van der Waals surface area contributed by atoms with E-state index in [1.807, 2.05) is 0 Å². The number of rotatable bonds is 6. The number of carbonyl (C=O) groups is 2. The highest BCUT2D eigenvalue weighted by atomic mass is 35.5. The first-order valence-corrected chi connectivity index (χ1v) is 8.89. The number of fused-ring (bicyclic) bond motifs is 1. The largest absolute Gasteiger partial charge is 0.492 e. The number of benzene rings is 2. The van der Waals surface area contributed by atoms with Gasteiger partial charge in [0.2, 0.25) is 5.91 Å². The topological polar surface area (TPSA) is 96.1 Å². The maximum atomic E-state index is 12.1. The number of carbonyl (C=O) groups excluding carboxylic acids is 2. The highest BCUT2D eigenvalue weighted by Gasteiger charge is 2.09. The second-order valence-electron chi connectivity index (χ2n) is 5.66. The lowest BCUT2D eigenvalue weighted by atomic mass is 10.2. The summed E-state index contributed by atoms with van der Waals surface area (Å²) in [4.78, 5) is 30.9. The summed E-state index contributed by atoms with van der Waals surface area (Å²) in [5.41, 5.74) is 6.67. The first-order valence-electron chi connectivity index (χ1n) is 8.13. The summed E-state index contributed by atoms with van der Waals surface area (Å²) < 4.78 is 5.50. The van der Waals surface area contributed by atoms with E-state index in [4.69, 9.17) is 27.9 Å². The fourth-order valence-electron chi connectivity index (χ4n) is 2.35. The molecule has 0 aliphatic carbocycles. The summed E-state index contributed by atoms with van der Waals surface area (Å²) in [5.74, 6) is -0.232. The average Bonchev–Trinajstić information content (AvgIpc) is 3.12. The number of nitrogens with zero attached hydrogens (tertiary/aromatic N) is 1. The predicted molar refractivity (Wildman–Crippen MR) is 103 cm³/mol. The Labute approximate surface area is 165 Å². The number of halogens is 2. The number of amides is 2. The van der Waals surface area contributed by atoms with Gasteiger partial charge in [-0.1, -0.05) is 23.2 Å². The molecular weight excluding hydrogens is 391 g/mol. The van der Waals surface area contributed by atoms with E-state index >= 15 is 0 Å². The zero-order valence-electron chi connectivity index (χ0n) is 14.1. The summed E-state index contributed by atoms with van der Waals surface area (Å²) >= 11 is 11.8. The molecule has 1 aromatic heterocycles. The van der Waals surface area contributed by atoms with Crippen molar-refractivity contribution in [1.29, 1.82) is 0 Å². The van der Waals surface area contributed by atoms with E-state index in [0.717, 1.165) is 11.0 Å². The molecule has 0 bridgehead atoms. The summed E-state index contributed by atoms with van der Waals surface area (Å²) in [6.07, 6.45) is 2.19. The molecule has 0 saturated heterocycles. The van der Waals surface area contributed by atoms with Crippen LogP contribution in [0.3, 0.4) is 0 Å². The van der Waals surface area contributed by atoms with Crippen molar-refractivity contribution >= 4 is 46.0 Å². The molecule has 0 aliphatic heterocycles. The van der Waals surface area contributed by atoms with Gasteiger partial charge in [-0.3, -0.25) is 20.4 Å². The average molecular weight is 407 g/mol. The van der Waals surface area contributed by atoms with E-state index < -0.39 is 5.91 Å². The lowest BCUT2D eigenvalue weighted by molar-refractivity contribution is -0.122. The normalized spacial score (nSPS) is 10.6. The Kier molecular flexibility index (Phi) is 6.16. The summed E-state index contributed by atoms with van der Waals surface area (Å²) in [6, 6.07) is 9.94. The predicted octanol–water partition coefficient (Wildman–Crippen LogP) is 3.49. The number of hydrogen-bond acceptors (Lipinski definition) is 4. The summed E-state index contributed by atoms with van der Waals surface area (Å²) in [5, 5.41) is 0.933. The highest BCUT2D eigenvalue weighted by Crippen LogP contribution is 2.27. The van der Waals surface area contributed by atoms with Gasteiger partial charge in [0, 0.05) is 17.0 Å². The first-order chi connectivity index (χ1) is 13.0. The number of ether oxygens (including phenoxy) is 1. The zero-order valence-corrected chi connectivity index (χ0v) is 15.6. The molecule has 9 heteroatoms. The number of imidazole rings is 1. The molecule has 0 radical (unpaired) electrons. The van der Waals surface area contributed by atoms with Crippen LogP contribution in [0.5, 0.6) is 5.75 Å². The molecule has 0 fully saturated rings. The maximum absolute atomic E-state index is 12.1. The minimum absolute atomic E-state index is 0.186. The van der Waals surface area contributed by atoms with Crippen molar-refractivity contribution in [2.75, 3.05) is 6.61 Å². The molecule has 3 N–H and O–H groups in total. The summed E-state index contributed by atoms with van der Waals surface area (Å²) in [7, 11) is 0. The van der Waals surface area contributed by atoms with Gasteiger partial charge < -0.3 is 9.72 Å². The van der Waals surface area contributed by atoms with Crippen LogP contribution in [0.15, 0.2) is 42.7 Å². The molecular formula is C18H16Cl2N4O3. The molecule has 0 atom stereocenters. The SMILES string of the molecule is O=C(CCCOc1ccc(Cl)cc1Cl)NNC(=O)c1ccc2nc[nH]c2c1. The molecule has 7 nitrogen and oxygen atoms in total. The quantitative estimate of drug-likeness (QED) is 0.431. The Morgan fingerprint density at radius 3 is 2.78 bits per heavy atom. The molecule has 140 valence electrons. The smallest absolute Gasteiger partial charge is 0.269 e. The van der Waals surface area contributed by atoms with Crippen LogP contribution in [-0.4, -0.2) is 28.4 Å². The monoisotopic (exact) mass is 406 g/mol. The molecule has 3 aromatic rings. The van der Waals surface area contributed by atoms with Gasteiger partial charge in [-0.2, -0.15) is 0 Å². The highest BCUT2D eigenvalue weighted by molar-refractivity contribution is 6.35. The first kappa shape index (κ1) is 19.0. The Bertz CT molecular complexity index is 974. The van der Waals surface area contributed by atoms with Crippen LogP contribution < -0.4 is 15.6 Å². The van der Waals surface area contributed by atoms with Gasteiger partial charge in [0.1, 0.15) is 5.75 Å². The molecule has 0 aliphatic rings. The minimum Gasteiger partial charge on any atom is -0.492 e. The van der Waals surface area contributed by atoms with Gasteiger partial charge in [-0.15, -0.1) is 0 Å². The second kappa shape index (κ2) is 8.75. The van der Waals surface area contributed by atoms with Crippen molar-refractivity contribution in [2.24, 2.45) is 0 Å². The van der Waals surface area contributed by atoms with Crippen LogP contribution in [0.1, 0.15) is 23.2 Å². The van der Waals surface area contributed by atoms with Crippen molar-refractivity contribution in [2.45, 2.75) is 12.8 Å². The van der Waals surface area contributed by atoms with E-state index in [1.54, 1.807) is 42.7 Å². The molecule has 27 heavy (non-hydrogen) atoms. The number of aromatic nitrogens is 2. The van der Waals surface area contributed by atoms with E-state index in [0.29, 0.717) is 34.4 Å². The second-order valence-corrected chi connectivity index (χ2v) is 6.51. The van der Waals surface area contributed by atoms with Crippen LogP contribution in [0.4, 0.5) is 0 Å². The molecule has 2 aromatic carbocycles. The molecule has 0 spiro atoms. The summed E-state index contributed by atoms with van der Waals surface area (Å²) in [6.45, 7) is 0.305. The molecule has 0 unspecified atom stereocenters. The van der Waals surface area contributed by atoms with Crippen LogP contribution in [0.2, 0.25) is 10.0 Å². The molecule has 2 amide bonds. The Hall–Kier alpha value is -2.77. The van der Waals surface area contributed by atoms with Crippen LogP contribution in [0, 0.1) is 0 Å². The number of H-pyrrole nitrogens is 1.